The standard InChI is InChI=1S/C27H40N2O3.Na/c1-29-22-28-25-20-19-23(21-24(25)27(29)32)17-15-13-11-9-7-5-3-2-4-6-8-10-12-14-16-18-26(30)31;/h2,4,19-22H,3,5-18H2,1H3,(H,30,31);/q;+1/p-1/b4-2-;. The van der Waals surface area contributed by atoms with E-state index in [9.17, 15) is 14.7 Å². The number of carbonyl (C=O) groups excluding carboxylic acids is 1. The molecule has 0 aliphatic rings. The second-order valence-electron chi connectivity index (χ2n) is 8.82. The van der Waals surface area contributed by atoms with Crippen molar-refractivity contribution in [1.29, 1.82) is 0 Å². The van der Waals surface area contributed by atoms with E-state index in [4.69, 9.17) is 0 Å². The summed E-state index contributed by atoms with van der Waals surface area (Å²) in [6.07, 6.45) is 22.5. The summed E-state index contributed by atoms with van der Waals surface area (Å²) in [5, 5.41) is 11.0. The molecule has 0 bridgehead atoms. The van der Waals surface area contributed by atoms with Gasteiger partial charge in [-0.2, -0.15) is 0 Å². The predicted octanol–water partition coefficient (Wildman–Crippen LogP) is 2.25. The minimum Gasteiger partial charge on any atom is -0.550 e. The van der Waals surface area contributed by atoms with Crippen LogP contribution in [0.25, 0.3) is 10.9 Å². The number of carboxylic acid groups (broad SMARTS) is 1. The van der Waals surface area contributed by atoms with Crippen LogP contribution in [0.4, 0.5) is 0 Å². The molecule has 0 aliphatic carbocycles. The van der Waals surface area contributed by atoms with Gasteiger partial charge in [-0.3, -0.25) is 4.79 Å². The zero-order valence-corrected chi connectivity index (χ0v) is 22.7. The molecule has 0 atom stereocenters. The number of aliphatic carboxylic acids is 1. The number of aryl methyl sites for hydroxylation is 2. The van der Waals surface area contributed by atoms with Crippen molar-refractivity contribution in [2.75, 3.05) is 0 Å². The van der Waals surface area contributed by atoms with Gasteiger partial charge in [0, 0.05) is 13.0 Å². The van der Waals surface area contributed by atoms with Crippen LogP contribution in [-0.4, -0.2) is 15.5 Å². The molecule has 1 aromatic carbocycles. The monoisotopic (exact) mass is 462 g/mol. The van der Waals surface area contributed by atoms with E-state index in [0.29, 0.717) is 5.39 Å². The number of carbonyl (C=O) groups is 1. The van der Waals surface area contributed by atoms with Crippen LogP contribution in [0, 0.1) is 0 Å². The van der Waals surface area contributed by atoms with E-state index in [1.165, 1.54) is 67.9 Å². The van der Waals surface area contributed by atoms with Crippen LogP contribution >= 0.6 is 0 Å². The van der Waals surface area contributed by atoms with E-state index in [-0.39, 0.29) is 41.5 Å². The molecular weight excluding hydrogens is 423 g/mol. The van der Waals surface area contributed by atoms with Crippen LogP contribution in [-0.2, 0) is 18.3 Å². The fraction of sp³-hybridized carbons (Fsp3) is 0.593. The van der Waals surface area contributed by atoms with Crippen molar-refractivity contribution in [1.82, 2.24) is 9.55 Å². The minimum absolute atomic E-state index is 0. The van der Waals surface area contributed by atoms with Gasteiger partial charge in [0.2, 0.25) is 0 Å². The molecular formula is C27H39N2NaO3. The number of benzene rings is 1. The Morgan fingerprint density at radius 3 is 2.12 bits per heavy atom. The smallest absolute Gasteiger partial charge is 0.550 e. The van der Waals surface area contributed by atoms with Gasteiger partial charge in [-0.15, -0.1) is 0 Å². The summed E-state index contributed by atoms with van der Waals surface area (Å²) in [5.41, 5.74) is 2.03. The Bertz CT molecular complexity index is 908. The summed E-state index contributed by atoms with van der Waals surface area (Å²) in [5.74, 6) is -0.930. The van der Waals surface area contributed by atoms with Crippen molar-refractivity contribution >= 4 is 16.9 Å². The topological polar surface area (TPSA) is 75.0 Å². The third kappa shape index (κ3) is 12.6. The molecule has 1 heterocycles. The molecule has 1 aromatic heterocycles. The number of hydrogen-bond acceptors (Lipinski definition) is 4. The average molecular weight is 463 g/mol. The first-order valence-electron chi connectivity index (χ1n) is 12.4. The molecule has 0 fully saturated rings. The molecule has 0 radical (unpaired) electrons. The molecule has 2 rings (SSSR count). The Balaban J connectivity index is 0.00000544. The molecule has 0 aliphatic heterocycles. The van der Waals surface area contributed by atoms with Gasteiger partial charge in [0.05, 0.1) is 17.2 Å². The fourth-order valence-electron chi connectivity index (χ4n) is 4.01. The Morgan fingerprint density at radius 2 is 1.48 bits per heavy atom. The molecule has 0 amide bonds. The molecule has 5 nitrogen and oxygen atoms in total. The maximum atomic E-state index is 12.2. The van der Waals surface area contributed by atoms with E-state index in [0.717, 1.165) is 37.6 Å². The molecule has 0 saturated heterocycles. The predicted molar refractivity (Wildman–Crippen MR) is 129 cm³/mol. The average Bonchev–Trinajstić information content (AvgIpc) is 2.78. The summed E-state index contributed by atoms with van der Waals surface area (Å²) >= 11 is 0. The first kappa shape index (κ1) is 29.6. The van der Waals surface area contributed by atoms with Gasteiger partial charge in [-0.25, -0.2) is 4.98 Å². The van der Waals surface area contributed by atoms with Gasteiger partial charge in [-0.05, 0) is 69.1 Å². The van der Waals surface area contributed by atoms with Gasteiger partial charge in [0.25, 0.3) is 5.56 Å². The number of fused-ring (bicyclic) bond motifs is 1. The van der Waals surface area contributed by atoms with E-state index in [1.54, 1.807) is 13.4 Å². The number of nitrogens with zero attached hydrogens (tertiary/aromatic N) is 2. The van der Waals surface area contributed by atoms with Crippen LogP contribution in [0.1, 0.15) is 95.5 Å². The van der Waals surface area contributed by atoms with Crippen molar-refractivity contribution < 1.29 is 39.5 Å². The third-order valence-corrected chi connectivity index (χ3v) is 5.99. The van der Waals surface area contributed by atoms with E-state index < -0.39 is 5.97 Å². The molecule has 33 heavy (non-hydrogen) atoms. The van der Waals surface area contributed by atoms with Crippen LogP contribution in [0.3, 0.4) is 0 Å². The van der Waals surface area contributed by atoms with Gasteiger partial charge in [0.1, 0.15) is 0 Å². The molecule has 0 N–H and O–H groups in total. The van der Waals surface area contributed by atoms with Crippen molar-refractivity contribution in [3.63, 3.8) is 0 Å². The summed E-state index contributed by atoms with van der Waals surface area (Å²) in [7, 11) is 1.74. The minimum atomic E-state index is -0.930. The summed E-state index contributed by atoms with van der Waals surface area (Å²) < 4.78 is 1.53. The maximum Gasteiger partial charge on any atom is 1.00 e. The van der Waals surface area contributed by atoms with Crippen LogP contribution in [0.2, 0.25) is 0 Å². The van der Waals surface area contributed by atoms with Crippen molar-refractivity contribution in [2.45, 2.75) is 96.3 Å². The SMILES string of the molecule is Cn1cnc2ccc(CCCCCCCC/C=C\CCCCCCCC(=O)[O-])cc2c1=O.[Na+]. The number of rotatable bonds is 17. The van der Waals surface area contributed by atoms with Gasteiger partial charge < -0.3 is 14.5 Å². The molecule has 0 saturated carbocycles. The van der Waals surface area contributed by atoms with Crippen LogP contribution in [0.5, 0.6) is 0 Å². The Hall–Kier alpha value is -1.43. The Morgan fingerprint density at radius 1 is 0.909 bits per heavy atom. The van der Waals surface area contributed by atoms with Crippen LogP contribution < -0.4 is 40.2 Å². The van der Waals surface area contributed by atoms with Crippen molar-refractivity contribution in [2.24, 2.45) is 7.05 Å². The largest absolute Gasteiger partial charge is 1.00 e. The second kappa shape index (κ2) is 18.0. The molecule has 0 spiro atoms. The van der Waals surface area contributed by atoms with Crippen molar-refractivity contribution in [3.8, 4) is 0 Å². The summed E-state index contributed by atoms with van der Waals surface area (Å²) in [6.45, 7) is 0. The number of carboxylic acids is 1. The number of allylic oxidation sites excluding steroid dienone is 2. The first-order valence-corrected chi connectivity index (χ1v) is 12.4. The molecule has 2 aromatic rings. The molecule has 176 valence electrons. The molecule has 0 unspecified atom stereocenters. The summed E-state index contributed by atoms with van der Waals surface area (Å²) in [4.78, 5) is 26.9. The quantitative estimate of drug-likeness (QED) is 0.205. The normalized spacial score (nSPS) is 11.2. The first-order chi connectivity index (χ1) is 15.6. The van der Waals surface area contributed by atoms with Crippen LogP contribution in [0.15, 0.2) is 41.5 Å². The fourth-order valence-corrected chi connectivity index (χ4v) is 4.01. The van der Waals surface area contributed by atoms with Gasteiger partial charge in [0.15, 0.2) is 0 Å². The zero-order chi connectivity index (χ0) is 23.0. The maximum absolute atomic E-state index is 12.2. The van der Waals surface area contributed by atoms with Gasteiger partial charge in [-0.1, -0.05) is 63.2 Å². The van der Waals surface area contributed by atoms with Crippen molar-refractivity contribution in [3.05, 3.63) is 52.6 Å². The number of unbranched alkanes of at least 4 members (excludes halogenated alkanes) is 11. The second-order valence-corrected chi connectivity index (χ2v) is 8.82. The van der Waals surface area contributed by atoms with E-state index in [1.807, 2.05) is 12.1 Å². The number of hydrogen-bond donors (Lipinski definition) is 0. The Labute approximate surface area is 221 Å². The molecule has 6 heteroatoms. The summed E-state index contributed by atoms with van der Waals surface area (Å²) in [6, 6.07) is 6.06. The third-order valence-electron chi connectivity index (χ3n) is 5.99. The van der Waals surface area contributed by atoms with E-state index >= 15 is 0 Å². The number of aromatic nitrogens is 2. The van der Waals surface area contributed by atoms with Gasteiger partial charge >= 0.3 is 29.6 Å². The van der Waals surface area contributed by atoms with E-state index in [2.05, 4.69) is 23.2 Å². The Kier molecular flexibility index (Phi) is 16.1. The zero-order valence-electron chi connectivity index (χ0n) is 20.7.